The Bertz CT molecular complexity index is 849. The van der Waals surface area contributed by atoms with Crippen LogP contribution in [0.2, 0.25) is 0 Å². The van der Waals surface area contributed by atoms with Crippen molar-refractivity contribution in [3.63, 3.8) is 0 Å². The maximum absolute atomic E-state index is 12.8. The maximum atomic E-state index is 12.8. The zero-order chi connectivity index (χ0) is 19.6. The SMILES string of the molecule is O=C(NCCCCOc1ccc(F)cc1)Nc1ccc(Cn2cccn2)cc1. The van der Waals surface area contributed by atoms with Gasteiger partial charge in [0.1, 0.15) is 11.6 Å². The minimum Gasteiger partial charge on any atom is -0.494 e. The van der Waals surface area contributed by atoms with E-state index in [-0.39, 0.29) is 11.8 Å². The largest absolute Gasteiger partial charge is 0.494 e. The Hall–Kier alpha value is -3.35. The van der Waals surface area contributed by atoms with Gasteiger partial charge in [-0.05, 0) is 60.9 Å². The van der Waals surface area contributed by atoms with Crippen molar-refractivity contribution in [2.45, 2.75) is 19.4 Å². The Labute approximate surface area is 163 Å². The standard InChI is InChI=1S/C21H23FN4O2/c22-18-6-10-20(11-7-18)28-15-2-1-12-23-21(27)25-19-8-4-17(5-9-19)16-26-14-3-13-24-26/h3-11,13-14H,1-2,12,15-16H2,(H2,23,25,27). The highest BCUT2D eigenvalue weighted by molar-refractivity contribution is 5.89. The normalized spacial score (nSPS) is 10.5. The Balaban J connectivity index is 1.29. The van der Waals surface area contributed by atoms with Crippen LogP contribution < -0.4 is 15.4 Å². The summed E-state index contributed by atoms with van der Waals surface area (Å²) < 4.78 is 20.2. The first-order valence-corrected chi connectivity index (χ1v) is 9.19. The number of urea groups is 1. The predicted molar refractivity (Wildman–Crippen MR) is 106 cm³/mol. The van der Waals surface area contributed by atoms with Gasteiger partial charge >= 0.3 is 6.03 Å². The first kappa shape index (κ1) is 19.4. The zero-order valence-electron chi connectivity index (χ0n) is 15.5. The molecule has 2 N–H and O–H groups in total. The van der Waals surface area contributed by atoms with E-state index in [9.17, 15) is 9.18 Å². The van der Waals surface area contributed by atoms with E-state index in [2.05, 4.69) is 15.7 Å². The van der Waals surface area contributed by atoms with Gasteiger partial charge in [0.15, 0.2) is 0 Å². The number of benzene rings is 2. The lowest BCUT2D eigenvalue weighted by Gasteiger charge is -2.09. The van der Waals surface area contributed by atoms with Crippen LogP contribution in [0.25, 0.3) is 0 Å². The predicted octanol–water partition coefficient (Wildman–Crippen LogP) is 4.05. The number of rotatable bonds is 9. The first-order valence-electron chi connectivity index (χ1n) is 9.19. The Kier molecular flexibility index (Phi) is 7.01. The van der Waals surface area contributed by atoms with Gasteiger partial charge in [-0.3, -0.25) is 4.68 Å². The van der Waals surface area contributed by atoms with Crippen molar-refractivity contribution < 1.29 is 13.9 Å². The topological polar surface area (TPSA) is 68.2 Å². The lowest BCUT2D eigenvalue weighted by molar-refractivity contribution is 0.251. The molecule has 0 saturated carbocycles. The molecule has 3 rings (SSSR count). The van der Waals surface area contributed by atoms with Gasteiger partial charge in [0, 0.05) is 24.6 Å². The summed E-state index contributed by atoms with van der Waals surface area (Å²) in [6.07, 6.45) is 5.23. The number of carbonyl (C=O) groups excluding carboxylic acids is 1. The van der Waals surface area contributed by atoms with Crippen LogP contribution in [0.15, 0.2) is 67.0 Å². The highest BCUT2D eigenvalue weighted by atomic mass is 19.1. The van der Waals surface area contributed by atoms with E-state index >= 15 is 0 Å². The van der Waals surface area contributed by atoms with E-state index in [1.807, 2.05) is 41.2 Å². The first-order chi connectivity index (χ1) is 13.7. The summed E-state index contributed by atoms with van der Waals surface area (Å²) in [5, 5.41) is 9.80. The molecule has 0 spiro atoms. The average molecular weight is 382 g/mol. The van der Waals surface area contributed by atoms with E-state index in [0.717, 1.165) is 24.1 Å². The minimum absolute atomic E-state index is 0.237. The summed E-state index contributed by atoms with van der Waals surface area (Å²) in [4.78, 5) is 11.9. The van der Waals surface area contributed by atoms with Crippen molar-refractivity contribution >= 4 is 11.7 Å². The molecule has 2 aromatic carbocycles. The number of anilines is 1. The van der Waals surface area contributed by atoms with Gasteiger partial charge in [-0.2, -0.15) is 5.10 Å². The van der Waals surface area contributed by atoms with Crippen molar-refractivity contribution in [1.29, 1.82) is 0 Å². The Morgan fingerprint density at radius 2 is 1.86 bits per heavy atom. The van der Waals surface area contributed by atoms with Gasteiger partial charge in [-0.15, -0.1) is 0 Å². The number of halogens is 1. The van der Waals surface area contributed by atoms with Gasteiger partial charge in [0.2, 0.25) is 0 Å². The fraction of sp³-hybridized carbons (Fsp3) is 0.238. The summed E-state index contributed by atoms with van der Waals surface area (Å²) in [6.45, 7) is 1.77. The molecule has 1 aromatic heterocycles. The van der Waals surface area contributed by atoms with Crippen molar-refractivity contribution in [3.8, 4) is 5.75 Å². The third-order valence-electron chi connectivity index (χ3n) is 4.05. The quantitative estimate of drug-likeness (QED) is 0.549. The van der Waals surface area contributed by atoms with Crippen molar-refractivity contribution in [2.24, 2.45) is 0 Å². The molecule has 0 aliphatic heterocycles. The molecular formula is C21H23FN4O2. The summed E-state index contributed by atoms with van der Waals surface area (Å²) >= 11 is 0. The van der Waals surface area contributed by atoms with E-state index < -0.39 is 0 Å². The number of hydrogen-bond acceptors (Lipinski definition) is 3. The molecule has 0 aliphatic rings. The molecular weight excluding hydrogens is 359 g/mol. The molecule has 7 heteroatoms. The van der Waals surface area contributed by atoms with Gasteiger partial charge in [0.25, 0.3) is 0 Å². The highest BCUT2D eigenvalue weighted by Crippen LogP contribution is 2.12. The molecule has 28 heavy (non-hydrogen) atoms. The molecule has 0 atom stereocenters. The molecule has 1 heterocycles. The van der Waals surface area contributed by atoms with Gasteiger partial charge < -0.3 is 15.4 Å². The minimum atomic E-state index is -0.282. The Morgan fingerprint density at radius 3 is 2.57 bits per heavy atom. The number of aromatic nitrogens is 2. The maximum Gasteiger partial charge on any atom is 0.319 e. The molecule has 0 fully saturated rings. The molecule has 0 radical (unpaired) electrons. The van der Waals surface area contributed by atoms with Crippen LogP contribution in [-0.2, 0) is 6.54 Å². The van der Waals surface area contributed by atoms with Crippen LogP contribution in [0.1, 0.15) is 18.4 Å². The van der Waals surface area contributed by atoms with Crippen LogP contribution in [0.3, 0.4) is 0 Å². The van der Waals surface area contributed by atoms with E-state index in [0.29, 0.717) is 25.4 Å². The third kappa shape index (κ3) is 6.42. The van der Waals surface area contributed by atoms with E-state index in [1.54, 1.807) is 18.3 Å². The van der Waals surface area contributed by atoms with Gasteiger partial charge in [-0.25, -0.2) is 9.18 Å². The summed E-state index contributed by atoms with van der Waals surface area (Å²) in [5.41, 5.74) is 1.84. The Morgan fingerprint density at radius 1 is 1.07 bits per heavy atom. The van der Waals surface area contributed by atoms with Crippen molar-refractivity contribution in [3.05, 3.63) is 78.4 Å². The van der Waals surface area contributed by atoms with Crippen LogP contribution in [0, 0.1) is 5.82 Å². The average Bonchev–Trinajstić information content (AvgIpc) is 3.20. The second kappa shape index (κ2) is 10.1. The van der Waals surface area contributed by atoms with E-state index in [4.69, 9.17) is 4.74 Å². The van der Waals surface area contributed by atoms with Crippen LogP contribution in [0.4, 0.5) is 14.9 Å². The second-order valence-electron chi connectivity index (χ2n) is 6.29. The van der Waals surface area contributed by atoms with Crippen LogP contribution >= 0.6 is 0 Å². The number of carbonyl (C=O) groups is 1. The third-order valence-corrected chi connectivity index (χ3v) is 4.05. The lowest BCUT2D eigenvalue weighted by Crippen LogP contribution is -2.29. The van der Waals surface area contributed by atoms with Crippen LogP contribution in [-0.4, -0.2) is 29.0 Å². The number of nitrogens with zero attached hydrogens (tertiary/aromatic N) is 2. The molecule has 0 saturated heterocycles. The monoisotopic (exact) mass is 382 g/mol. The number of amides is 2. The number of ether oxygens (including phenoxy) is 1. The van der Waals surface area contributed by atoms with Crippen molar-refractivity contribution in [2.75, 3.05) is 18.5 Å². The molecule has 146 valence electrons. The molecule has 0 aliphatic carbocycles. The lowest BCUT2D eigenvalue weighted by atomic mass is 10.2. The number of unbranched alkanes of at least 4 members (excludes halogenated alkanes) is 1. The van der Waals surface area contributed by atoms with Gasteiger partial charge in [-0.1, -0.05) is 12.1 Å². The summed E-state index contributed by atoms with van der Waals surface area (Å²) in [5.74, 6) is 0.359. The van der Waals surface area contributed by atoms with E-state index in [1.165, 1.54) is 12.1 Å². The zero-order valence-corrected chi connectivity index (χ0v) is 15.5. The molecule has 6 nitrogen and oxygen atoms in total. The highest BCUT2D eigenvalue weighted by Gasteiger charge is 2.02. The summed E-state index contributed by atoms with van der Waals surface area (Å²) in [6, 6.07) is 15.2. The van der Waals surface area contributed by atoms with Crippen LogP contribution in [0.5, 0.6) is 5.75 Å². The smallest absolute Gasteiger partial charge is 0.319 e. The molecule has 0 bridgehead atoms. The molecule has 0 unspecified atom stereocenters. The van der Waals surface area contributed by atoms with Gasteiger partial charge in [0.05, 0.1) is 13.2 Å². The van der Waals surface area contributed by atoms with Crippen molar-refractivity contribution in [1.82, 2.24) is 15.1 Å². The number of hydrogen-bond donors (Lipinski definition) is 2. The fourth-order valence-corrected chi connectivity index (χ4v) is 2.60. The summed E-state index contributed by atoms with van der Waals surface area (Å²) in [7, 11) is 0. The molecule has 3 aromatic rings. The molecule has 2 amide bonds. The number of nitrogens with one attached hydrogen (secondary N) is 2. The fourth-order valence-electron chi connectivity index (χ4n) is 2.60. The second-order valence-corrected chi connectivity index (χ2v) is 6.29.